The molecule has 0 bridgehead atoms. The first-order valence-corrected chi connectivity index (χ1v) is 8.67. The predicted octanol–water partition coefficient (Wildman–Crippen LogP) is 2.75. The van der Waals surface area contributed by atoms with Crippen molar-refractivity contribution in [3.8, 4) is 11.8 Å². The fraction of sp³-hybridized carbons (Fsp3) is 0.400. The van der Waals surface area contributed by atoms with E-state index < -0.39 is 11.7 Å². The van der Waals surface area contributed by atoms with Crippen molar-refractivity contribution in [3.05, 3.63) is 34.3 Å². The first-order valence-electron chi connectivity index (χ1n) is 8.67. The van der Waals surface area contributed by atoms with E-state index in [1.54, 1.807) is 11.8 Å². The van der Waals surface area contributed by atoms with Crippen LogP contribution in [0.25, 0.3) is 10.9 Å². The summed E-state index contributed by atoms with van der Waals surface area (Å²) in [5.41, 5.74) is 8.48. The molecule has 0 unspecified atom stereocenters. The molecule has 2 aromatic rings. The third-order valence-corrected chi connectivity index (χ3v) is 5.18. The fourth-order valence-corrected chi connectivity index (χ4v) is 3.83. The number of amides is 2. The number of piperidine rings is 1. The molecule has 26 heavy (non-hydrogen) atoms. The fourth-order valence-electron chi connectivity index (χ4n) is 3.83. The quantitative estimate of drug-likeness (QED) is 0.813. The van der Waals surface area contributed by atoms with E-state index in [0.29, 0.717) is 29.6 Å². The molecule has 3 rings (SSSR count). The molecule has 5 nitrogen and oxygen atoms in total. The third kappa shape index (κ3) is 2.94. The average Bonchev–Trinajstić information content (AvgIpc) is 2.90. The molecule has 0 spiro atoms. The highest BCUT2D eigenvalue weighted by molar-refractivity contribution is 6.07. The van der Waals surface area contributed by atoms with Crippen molar-refractivity contribution in [1.29, 1.82) is 0 Å². The van der Waals surface area contributed by atoms with Crippen molar-refractivity contribution in [1.82, 2.24) is 9.88 Å². The minimum Gasteiger partial charge on any atom is -0.366 e. The van der Waals surface area contributed by atoms with E-state index in [-0.39, 0.29) is 17.4 Å². The van der Waals surface area contributed by atoms with Gasteiger partial charge in [-0.25, -0.2) is 4.39 Å². The van der Waals surface area contributed by atoms with Crippen LogP contribution in [0.15, 0.2) is 6.07 Å². The summed E-state index contributed by atoms with van der Waals surface area (Å²) in [6.07, 6.45) is 1.55. The van der Waals surface area contributed by atoms with Gasteiger partial charge in [0, 0.05) is 35.7 Å². The monoisotopic (exact) mass is 355 g/mol. The van der Waals surface area contributed by atoms with E-state index in [9.17, 15) is 9.59 Å². The Bertz CT molecular complexity index is 965. The van der Waals surface area contributed by atoms with Crippen LogP contribution in [0.1, 0.15) is 52.9 Å². The molecule has 6 heteroatoms. The van der Waals surface area contributed by atoms with Crippen LogP contribution in [0.4, 0.5) is 4.39 Å². The molecule has 1 aromatic heterocycles. The molecule has 1 saturated heterocycles. The highest BCUT2D eigenvalue weighted by atomic mass is 19.1. The number of H-pyrrole nitrogens is 1. The maximum Gasteiger partial charge on any atom is 0.298 e. The number of hydrogen-bond acceptors (Lipinski definition) is 2. The lowest BCUT2D eigenvalue weighted by atomic mass is 9.86. The van der Waals surface area contributed by atoms with Gasteiger partial charge in [-0.15, -0.1) is 0 Å². The van der Waals surface area contributed by atoms with Gasteiger partial charge in [0.1, 0.15) is 5.82 Å². The number of benzene rings is 1. The molecule has 2 heterocycles. The number of hydrogen-bond donors (Lipinski definition) is 2. The smallest absolute Gasteiger partial charge is 0.298 e. The predicted molar refractivity (Wildman–Crippen MR) is 98.3 cm³/mol. The lowest BCUT2D eigenvalue weighted by Crippen LogP contribution is -2.38. The zero-order chi connectivity index (χ0) is 19.0. The van der Waals surface area contributed by atoms with Crippen LogP contribution >= 0.6 is 0 Å². The maximum absolute atomic E-state index is 15.0. The number of aromatic amines is 1. The Morgan fingerprint density at radius 3 is 2.77 bits per heavy atom. The van der Waals surface area contributed by atoms with E-state index in [2.05, 4.69) is 16.8 Å². The highest BCUT2D eigenvalue weighted by Gasteiger charge is 2.30. The standard InChI is InChI=1S/C20H22FN3O2/c1-4-6-16(25)24-8-5-7-13(10-24)18-15(21)9-14(20(22)26)19-17(18)11(2)12(3)23-19/h9,13,23H,5,7-8,10H2,1-3H3,(H2,22,26)/t13-/m0/s1. The van der Waals surface area contributed by atoms with Crippen molar-refractivity contribution in [2.75, 3.05) is 13.1 Å². The van der Waals surface area contributed by atoms with Crippen LogP contribution in [0, 0.1) is 31.5 Å². The van der Waals surface area contributed by atoms with Crippen LogP contribution in [-0.4, -0.2) is 34.8 Å². The van der Waals surface area contributed by atoms with Crippen LogP contribution in [0.3, 0.4) is 0 Å². The third-order valence-electron chi connectivity index (χ3n) is 5.18. The Labute approximate surface area is 151 Å². The van der Waals surface area contributed by atoms with Crippen LogP contribution < -0.4 is 5.73 Å². The second-order valence-corrected chi connectivity index (χ2v) is 6.77. The summed E-state index contributed by atoms with van der Waals surface area (Å²) >= 11 is 0. The van der Waals surface area contributed by atoms with E-state index in [0.717, 1.165) is 24.1 Å². The van der Waals surface area contributed by atoms with E-state index in [1.807, 2.05) is 13.8 Å². The number of nitrogens with zero attached hydrogens (tertiary/aromatic N) is 1. The number of rotatable bonds is 2. The lowest BCUT2D eigenvalue weighted by molar-refractivity contribution is -0.126. The van der Waals surface area contributed by atoms with Crippen LogP contribution in [0.2, 0.25) is 0 Å². The Morgan fingerprint density at radius 1 is 1.38 bits per heavy atom. The maximum atomic E-state index is 15.0. The number of nitrogens with two attached hydrogens (primary N) is 1. The van der Waals surface area contributed by atoms with Gasteiger partial charge in [0.25, 0.3) is 11.8 Å². The Hall–Kier alpha value is -2.81. The lowest BCUT2D eigenvalue weighted by Gasteiger charge is -2.32. The van der Waals surface area contributed by atoms with Gasteiger partial charge in [0.15, 0.2) is 0 Å². The molecule has 1 aliphatic heterocycles. The number of halogens is 1. The van der Waals surface area contributed by atoms with E-state index in [4.69, 9.17) is 5.73 Å². The van der Waals surface area contributed by atoms with Crippen molar-refractivity contribution in [3.63, 3.8) is 0 Å². The van der Waals surface area contributed by atoms with Gasteiger partial charge in [-0.1, -0.05) is 5.92 Å². The SMILES string of the molecule is CC#CC(=O)N1CCC[C@H](c2c(F)cc(C(N)=O)c3[nH]c(C)c(C)c23)C1. The second-order valence-electron chi connectivity index (χ2n) is 6.77. The van der Waals surface area contributed by atoms with E-state index in [1.165, 1.54) is 6.07 Å². The Balaban J connectivity index is 2.14. The molecule has 136 valence electrons. The zero-order valence-electron chi connectivity index (χ0n) is 15.2. The van der Waals surface area contributed by atoms with Gasteiger partial charge in [-0.05, 0) is 51.2 Å². The topological polar surface area (TPSA) is 79.2 Å². The molecule has 1 fully saturated rings. The molecule has 0 saturated carbocycles. The number of carbonyl (C=O) groups excluding carboxylic acids is 2. The van der Waals surface area contributed by atoms with Crippen molar-refractivity contribution in [2.24, 2.45) is 5.73 Å². The number of aryl methyl sites for hydroxylation is 2. The summed E-state index contributed by atoms with van der Waals surface area (Å²) < 4.78 is 15.0. The molecule has 2 amide bonds. The number of carbonyl (C=O) groups is 2. The van der Waals surface area contributed by atoms with E-state index >= 15 is 4.39 Å². The Morgan fingerprint density at radius 2 is 2.12 bits per heavy atom. The zero-order valence-corrected chi connectivity index (χ0v) is 15.2. The summed E-state index contributed by atoms with van der Waals surface area (Å²) in [5, 5.41) is 0.706. The summed E-state index contributed by atoms with van der Waals surface area (Å²) in [4.78, 5) is 28.7. The number of primary amides is 1. The number of likely N-dealkylation sites (tertiary alicyclic amines) is 1. The number of fused-ring (bicyclic) bond motifs is 1. The number of aromatic nitrogens is 1. The van der Waals surface area contributed by atoms with Gasteiger partial charge >= 0.3 is 0 Å². The first kappa shape index (κ1) is 18.0. The molecule has 1 aliphatic rings. The van der Waals surface area contributed by atoms with Gasteiger partial charge in [-0.3, -0.25) is 9.59 Å². The van der Waals surface area contributed by atoms with Crippen molar-refractivity contribution in [2.45, 2.75) is 39.5 Å². The molecule has 3 N–H and O–H groups in total. The minimum absolute atomic E-state index is 0.148. The van der Waals surface area contributed by atoms with Gasteiger partial charge < -0.3 is 15.6 Å². The van der Waals surface area contributed by atoms with Gasteiger partial charge in [-0.2, -0.15) is 0 Å². The summed E-state index contributed by atoms with van der Waals surface area (Å²) in [6, 6.07) is 1.21. The molecule has 1 atom stereocenters. The van der Waals surface area contributed by atoms with Gasteiger partial charge in [0.2, 0.25) is 0 Å². The second kappa shape index (κ2) is 6.83. The minimum atomic E-state index is -0.666. The molecule has 0 aliphatic carbocycles. The number of nitrogens with one attached hydrogen (secondary N) is 1. The molecule has 1 aromatic carbocycles. The summed E-state index contributed by atoms with van der Waals surface area (Å²) in [6.45, 7) is 6.45. The van der Waals surface area contributed by atoms with Crippen molar-refractivity contribution >= 4 is 22.7 Å². The van der Waals surface area contributed by atoms with Crippen LogP contribution in [-0.2, 0) is 4.79 Å². The summed E-state index contributed by atoms with van der Waals surface area (Å²) in [5.74, 6) is 3.68. The Kier molecular flexibility index (Phi) is 4.73. The van der Waals surface area contributed by atoms with Crippen molar-refractivity contribution < 1.29 is 14.0 Å². The highest BCUT2D eigenvalue weighted by Crippen LogP contribution is 2.38. The molecule has 0 radical (unpaired) electrons. The van der Waals surface area contributed by atoms with Gasteiger partial charge in [0.05, 0.1) is 11.1 Å². The average molecular weight is 355 g/mol. The first-order chi connectivity index (χ1) is 12.3. The molecular formula is C20H22FN3O2. The molecular weight excluding hydrogens is 333 g/mol. The van der Waals surface area contributed by atoms with Crippen LogP contribution in [0.5, 0.6) is 0 Å². The normalized spacial score (nSPS) is 17.1. The largest absolute Gasteiger partial charge is 0.366 e. The summed E-state index contributed by atoms with van der Waals surface area (Å²) in [7, 11) is 0.